The van der Waals surface area contributed by atoms with Crippen LogP contribution < -0.4 is 10.1 Å². The average molecular weight is 351 g/mol. The molecule has 2 rings (SSSR count). The highest BCUT2D eigenvalue weighted by atomic mass is 79.9. The van der Waals surface area contributed by atoms with Gasteiger partial charge in [-0.15, -0.1) is 18.3 Å². The van der Waals surface area contributed by atoms with Crippen LogP contribution in [0.3, 0.4) is 0 Å². The van der Waals surface area contributed by atoms with E-state index in [4.69, 9.17) is 0 Å². The molecule has 0 unspecified atom stereocenters. The van der Waals surface area contributed by atoms with E-state index in [1.54, 1.807) is 17.9 Å². The van der Waals surface area contributed by atoms with Crippen LogP contribution in [0.25, 0.3) is 0 Å². The van der Waals surface area contributed by atoms with Crippen LogP contribution >= 0.6 is 15.9 Å². The van der Waals surface area contributed by atoms with Gasteiger partial charge in [0.05, 0.1) is 11.0 Å². The van der Waals surface area contributed by atoms with Crippen molar-refractivity contribution in [2.45, 2.75) is 12.9 Å². The summed E-state index contributed by atoms with van der Waals surface area (Å²) in [4.78, 5) is 0. The van der Waals surface area contributed by atoms with Crippen LogP contribution in [-0.4, -0.2) is 21.4 Å². The zero-order chi connectivity index (χ0) is 14.8. The van der Waals surface area contributed by atoms with Gasteiger partial charge in [0.1, 0.15) is 11.4 Å². The third-order valence-electron chi connectivity index (χ3n) is 2.28. The third kappa shape index (κ3) is 4.12. The molecule has 0 aliphatic rings. The Hall–Kier alpha value is -1.77. The highest BCUT2D eigenvalue weighted by Gasteiger charge is 2.31. The van der Waals surface area contributed by atoms with Crippen molar-refractivity contribution in [2.24, 2.45) is 7.05 Å². The van der Waals surface area contributed by atoms with Crippen molar-refractivity contribution in [3.8, 4) is 5.75 Å². The Bertz CT molecular complexity index is 600. The maximum atomic E-state index is 12.1. The summed E-state index contributed by atoms with van der Waals surface area (Å²) < 4.78 is 42.0. The molecule has 9 heteroatoms. The van der Waals surface area contributed by atoms with Gasteiger partial charge in [-0.3, -0.25) is 4.68 Å². The average Bonchev–Trinajstić information content (AvgIpc) is 2.74. The zero-order valence-corrected chi connectivity index (χ0v) is 11.9. The van der Waals surface area contributed by atoms with Crippen LogP contribution in [0.2, 0.25) is 0 Å². The molecular formula is C11H10BrF3N4O. The standard InChI is InChI=1S/C11H10BrF3N4O/c1-19-6-8(17-18-19)5-16-7-2-3-10(9(12)4-7)20-11(13,14)15/h2-4,6,16H,5H2,1H3. The number of aromatic nitrogens is 3. The van der Waals surface area contributed by atoms with Gasteiger partial charge in [0.2, 0.25) is 0 Å². The van der Waals surface area contributed by atoms with Crippen LogP contribution in [-0.2, 0) is 13.6 Å². The molecule has 0 amide bonds. The summed E-state index contributed by atoms with van der Waals surface area (Å²) in [5, 5.41) is 10.7. The topological polar surface area (TPSA) is 52.0 Å². The Morgan fingerprint density at radius 3 is 2.70 bits per heavy atom. The number of hydrogen-bond acceptors (Lipinski definition) is 4. The number of benzene rings is 1. The minimum absolute atomic E-state index is 0.207. The Labute approximate surface area is 120 Å². The fraction of sp³-hybridized carbons (Fsp3) is 0.273. The highest BCUT2D eigenvalue weighted by molar-refractivity contribution is 9.10. The largest absolute Gasteiger partial charge is 0.573 e. The van der Waals surface area contributed by atoms with E-state index in [-0.39, 0.29) is 10.2 Å². The van der Waals surface area contributed by atoms with Crippen molar-refractivity contribution in [1.29, 1.82) is 0 Å². The lowest BCUT2D eigenvalue weighted by atomic mass is 10.3. The predicted octanol–water partition coefficient (Wildman–Crippen LogP) is 3.09. The van der Waals surface area contributed by atoms with E-state index in [0.29, 0.717) is 12.2 Å². The summed E-state index contributed by atoms with van der Waals surface area (Å²) in [6, 6.07) is 4.22. The molecule has 1 N–H and O–H groups in total. The molecular weight excluding hydrogens is 341 g/mol. The number of rotatable bonds is 4. The van der Waals surface area contributed by atoms with Gasteiger partial charge in [-0.25, -0.2) is 0 Å². The van der Waals surface area contributed by atoms with Gasteiger partial charge >= 0.3 is 6.36 Å². The maximum Gasteiger partial charge on any atom is 0.573 e. The maximum absolute atomic E-state index is 12.1. The Morgan fingerprint density at radius 1 is 1.40 bits per heavy atom. The smallest absolute Gasteiger partial charge is 0.405 e. The van der Waals surface area contributed by atoms with Crippen molar-refractivity contribution < 1.29 is 17.9 Å². The molecule has 1 aromatic carbocycles. The van der Waals surface area contributed by atoms with Crippen LogP contribution in [0.1, 0.15) is 5.69 Å². The van der Waals surface area contributed by atoms with E-state index in [1.807, 2.05) is 0 Å². The Morgan fingerprint density at radius 2 is 2.15 bits per heavy atom. The SMILES string of the molecule is Cn1cc(CNc2ccc(OC(F)(F)F)c(Br)c2)nn1. The molecule has 0 bridgehead atoms. The Kier molecular flexibility index (Phi) is 4.17. The number of anilines is 1. The highest BCUT2D eigenvalue weighted by Crippen LogP contribution is 2.32. The molecule has 0 aliphatic heterocycles. The number of ether oxygens (including phenoxy) is 1. The summed E-state index contributed by atoms with van der Waals surface area (Å²) in [5.41, 5.74) is 1.36. The number of aryl methyl sites for hydroxylation is 1. The van der Waals surface area contributed by atoms with E-state index < -0.39 is 6.36 Å². The first-order chi connectivity index (χ1) is 9.33. The zero-order valence-electron chi connectivity index (χ0n) is 10.3. The van der Waals surface area contributed by atoms with Crippen molar-refractivity contribution in [1.82, 2.24) is 15.0 Å². The van der Waals surface area contributed by atoms with Gasteiger partial charge in [0, 0.05) is 18.9 Å². The molecule has 0 fully saturated rings. The Balaban J connectivity index is 2.01. The fourth-order valence-corrected chi connectivity index (χ4v) is 1.95. The summed E-state index contributed by atoms with van der Waals surface area (Å²) in [6.45, 7) is 0.416. The molecule has 2 aromatic rings. The van der Waals surface area contributed by atoms with Gasteiger partial charge < -0.3 is 10.1 Å². The van der Waals surface area contributed by atoms with Crippen molar-refractivity contribution >= 4 is 21.6 Å². The second kappa shape index (κ2) is 5.70. The molecule has 0 spiro atoms. The lowest BCUT2D eigenvalue weighted by molar-refractivity contribution is -0.274. The second-order valence-electron chi connectivity index (χ2n) is 3.93. The molecule has 20 heavy (non-hydrogen) atoms. The van der Waals surface area contributed by atoms with E-state index in [9.17, 15) is 13.2 Å². The van der Waals surface area contributed by atoms with Gasteiger partial charge in [-0.1, -0.05) is 5.21 Å². The molecule has 0 saturated carbocycles. The number of nitrogens with one attached hydrogen (secondary N) is 1. The summed E-state index contributed by atoms with van der Waals surface area (Å²) in [7, 11) is 1.75. The number of halogens is 4. The van der Waals surface area contributed by atoms with E-state index in [0.717, 1.165) is 5.69 Å². The molecule has 5 nitrogen and oxygen atoms in total. The van der Waals surface area contributed by atoms with E-state index in [2.05, 4.69) is 36.3 Å². The first-order valence-electron chi connectivity index (χ1n) is 5.48. The minimum atomic E-state index is -4.71. The quantitative estimate of drug-likeness (QED) is 0.920. The summed E-state index contributed by atoms with van der Waals surface area (Å²) >= 11 is 3.03. The minimum Gasteiger partial charge on any atom is -0.405 e. The molecule has 108 valence electrons. The van der Waals surface area contributed by atoms with Crippen LogP contribution in [0.5, 0.6) is 5.75 Å². The van der Waals surface area contributed by atoms with Crippen molar-refractivity contribution in [2.75, 3.05) is 5.32 Å². The number of hydrogen-bond donors (Lipinski definition) is 1. The van der Waals surface area contributed by atoms with Gasteiger partial charge in [-0.2, -0.15) is 0 Å². The normalized spacial score (nSPS) is 11.4. The van der Waals surface area contributed by atoms with Crippen LogP contribution in [0.4, 0.5) is 18.9 Å². The predicted molar refractivity (Wildman–Crippen MR) is 69.2 cm³/mol. The summed E-state index contributed by atoms with van der Waals surface area (Å²) in [5.74, 6) is -0.289. The first kappa shape index (κ1) is 14.6. The molecule has 1 aromatic heterocycles. The molecule has 0 radical (unpaired) electrons. The third-order valence-corrected chi connectivity index (χ3v) is 2.90. The van der Waals surface area contributed by atoms with Gasteiger partial charge in [0.25, 0.3) is 0 Å². The fourth-order valence-electron chi connectivity index (χ4n) is 1.49. The van der Waals surface area contributed by atoms with E-state index >= 15 is 0 Å². The molecule has 0 aliphatic carbocycles. The molecule has 1 heterocycles. The van der Waals surface area contributed by atoms with Gasteiger partial charge in [0.15, 0.2) is 0 Å². The lowest BCUT2D eigenvalue weighted by Gasteiger charge is -2.12. The molecule has 0 atom stereocenters. The number of alkyl halides is 3. The lowest BCUT2D eigenvalue weighted by Crippen LogP contribution is -2.17. The van der Waals surface area contributed by atoms with E-state index in [1.165, 1.54) is 18.2 Å². The summed E-state index contributed by atoms with van der Waals surface area (Å²) in [6.07, 6.45) is -2.97. The monoisotopic (exact) mass is 350 g/mol. The van der Waals surface area contributed by atoms with Crippen LogP contribution in [0, 0.1) is 0 Å². The van der Waals surface area contributed by atoms with Crippen molar-refractivity contribution in [3.63, 3.8) is 0 Å². The first-order valence-corrected chi connectivity index (χ1v) is 6.27. The van der Waals surface area contributed by atoms with Crippen molar-refractivity contribution in [3.05, 3.63) is 34.6 Å². The van der Waals surface area contributed by atoms with Crippen LogP contribution in [0.15, 0.2) is 28.9 Å². The molecule has 0 saturated heterocycles. The number of nitrogens with zero attached hydrogens (tertiary/aromatic N) is 3. The second-order valence-corrected chi connectivity index (χ2v) is 4.78. The van der Waals surface area contributed by atoms with Gasteiger partial charge in [-0.05, 0) is 34.1 Å².